The molecule has 3 nitrogen and oxygen atoms in total. The zero-order chi connectivity index (χ0) is 14.5. The molecular formula is C17H18O3. The van der Waals surface area contributed by atoms with E-state index in [1.165, 1.54) is 0 Å². The van der Waals surface area contributed by atoms with Crippen LogP contribution in [-0.4, -0.2) is 17.7 Å². The van der Waals surface area contributed by atoms with Gasteiger partial charge in [-0.2, -0.15) is 0 Å². The summed E-state index contributed by atoms with van der Waals surface area (Å²) in [5.74, 6) is -0.00574. The molecule has 0 aliphatic carbocycles. The molecule has 104 valence electrons. The van der Waals surface area contributed by atoms with Gasteiger partial charge in [0, 0.05) is 0 Å². The van der Waals surface area contributed by atoms with Gasteiger partial charge in [0.1, 0.15) is 5.75 Å². The van der Waals surface area contributed by atoms with Gasteiger partial charge in [-0.25, -0.2) is 4.79 Å². The predicted molar refractivity (Wildman–Crippen MR) is 79.4 cm³/mol. The van der Waals surface area contributed by atoms with E-state index in [1.807, 2.05) is 31.2 Å². The van der Waals surface area contributed by atoms with Crippen LogP contribution in [-0.2, 0) is 0 Å². The van der Waals surface area contributed by atoms with Gasteiger partial charge in [0.05, 0.1) is 12.2 Å². The van der Waals surface area contributed by atoms with Crippen molar-refractivity contribution < 1.29 is 14.6 Å². The Labute approximate surface area is 118 Å². The summed E-state index contributed by atoms with van der Waals surface area (Å²) in [4.78, 5) is 10.8. The van der Waals surface area contributed by atoms with Gasteiger partial charge in [-0.1, -0.05) is 25.1 Å². The van der Waals surface area contributed by atoms with Crippen LogP contribution in [0.5, 0.6) is 5.75 Å². The van der Waals surface area contributed by atoms with Crippen LogP contribution < -0.4 is 4.74 Å². The van der Waals surface area contributed by atoms with Gasteiger partial charge in [-0.3, -0.25) is 0 Å². The molecule has 0 amide bonds. The zero-order valence-electron chi connectivity index (χ0n) is 11.7. The Morgan fingerprint density at radius 1 is 1.10 bits per heavy atom. The fraction of sp³-hybridized carbons (Fsp3) is 0.235. The molecule has 2 aromatic rings. The first-order valence-electron chi connectivity index (χ1n) is 6.69. The summed E-state index contributed by atoms with van der Waals surface area (Å²) in [5, 5.41) is 8.89. The second kappa shape index (κ2) is 6.24. The molecule has 2 rings (SSSR count). The zero-order valence-corrected chi connectivity index (χ0v) is 11.7. The van der Waals surface area contributed by atoms with E-state index in [4.69, 9.17) is 9.84 Å². The molecular weight excluding hydrogens is 252 g/mol. The number of ether oxygens (including phenoxy) is 1. The smallest absolute Gasteiger partial charge is 0.335 e. The molecule has 0 fully saturated rings. The van der Waals surface area contributed by atoms with Crippen molar-refractivity contribution in [2.45, 2.75) is 20.3 Å². The highest BCUT2D eigenvalue weighted by atomic mass is 16.5. The highest BCUT2D eigenvalue weighted by Gasteiger charge is 2.05. The standard InChI is InChI=1S/C17H18O3/c1-3-10-20-16-9-8-15(11-12(16)2)13-4-6-14(7-5-13)17(18)19/h4-9,11H,3,10H2,1-2H3,(H,18,19). The average Bonchev–Trinajstić information content (AvgIpc) is 2.46. The van der Waals surface area contributed by atoms with Crippen LogP contribution in [0.15, 0.2) is 42.5 Å². The van der Waals surface area contributed by atoms with Crippen molar-refractivity contribution >= 4 is 5.97 Å². The largest absolute Gasteiger partial charge is 0.493 e. The highest BCUT2D eigenvalue weighted by Crippen LogP contribution is 2.26. The van der Waals surface area contributed by atoms with Crippen LogP contribution >= 0.6 is 0 Å². The van der Waals surface area contributed by atoms with Gasteiger partial charge in [0.2, 0.25) is 0 Å². The van der Waals surface area contributed by atoms with Gasteiger partial charge < -0.3 is 9.84 Å². The molecule has 0 aliphatic rings. The molecule has 0 radical (unpaired) electrons. The van der Waals surface area contributed by atoms with Gasteiger partial charge in [0.15, 0.2) is 0 Å². The first-order chi connectivity index (χ1) is 9.61. The normalized spacial score (nSPS) is 10.3. The third-order valence-electron chi connectivity index (χ3n) is 3.10. The number of benzene rings is 2. The summed E-state index contributed by atoms with van der Waals surface area (Å²) in [6, 6.07) is 12.9. The quantitative estimate of drug-likeness (QED) is 0.887. The molecule has 20 heavy (non-hydrogen) atoms. The maximum Gasteiger partial charge on any atom is 0.335 e. The fourth-order valence-electron chi connectivity index (χ4n) is 2.01. The molecule has 3 heteroatoms. The summed E-state index contributed by atoms with van der Waals surface area (Å²) in [6.45, 7) is 4.81. The van der Waals surface area contributed by atoms with Crippen LogP contribution in [0.4, 0.5) is 0 Å². The van der Waals surface area contributed by atoms with Crippen molar-refractivity contribution in [3.8, 4) is 16.9 Å². The van der Waals surface area contributed by atoms with E-state index < -0.39 is 5.97 Å². The van der Waals surface area contributed by atoms with Crippen molar-refractivity contribution in [3.05, 3.63) is 53.6 Å². The summed E-state index contributed by atoms with van der Waals surface area (Å²) in [5.41, 5.74) is 3.44. The van der Waals surface area contributed by atoms with Gasteiger partial charge in [0.25, 0.3) is 0 Å². The lowest BCUT2D eigenvalue weighted by Gasteiger charge is -2.10. The minimum absolute atomic E-state index is 0.299. The molecule has 1 N–H and O–H groups in total. The molecule has 0 heterocycles. The summed E-state index contributed by atoms with van der Waals surface area (Å²) < 4.78 is 5.65. The Hall–Kier alpha value is -2.29. The van der Waals surface area contributed by atoms with Crippen molar-refractivity contribution in [2.24, 2.45) is 0 Å². The fourth-order valence-corrected chi connectivity index (χ4v) is 2.01. The van der Waals surface area contributed by atoms with Crippen LogP contribution in [0.3, 0.4) is 0 Å². The number of rotatable bonds is 5. The topological polar surface area (TPSA) is 46.5 Å². The Balaban J connectivity index is 2.24. The maximum absolute atomic E-state index is 10.8. The van der Waals surface area contributed by atoms with Crippen LogP contribution in [0.1, 0.15) is 29.3 Å². The highest BCUT2D eigenvalue weighted by molar-refractivity contribution is 5.88. The molecule has 0 saturated heterocycles. The lowest BCUT2D eigenvalue weighted by atomic mass is 10.0. The van der Waals surface area contributed by atoms with Crippen molar-refractivity contribution in [1.29, 1.82) is 0 Å². The van der Waals surface area contributed by atoms with Crippen LogP contribution in [0, 0.1) is 6.92 Å². The summed E-state index contributed by atoms with van der Waals surface area (Å²) in [6.07, 6.45) is 0.984. The number of carboxylic acid groups (broad SMARTS) is 1. The minimum Gasteiger partial charge on any atom is -0.493 e. The second-order valence-electron chi connectivity index (χ2n) is 4.71. The third-order valence-corrected chi connectivity index (χ3v) is 3.10. The molecule has 0 aliphatic heterocycles. The van der Waals surface area contributed by atoms with Gasteiger partial charge in [-0.15, -0.1) is 0 Å². The van der Waals surface area contributed by atoms with E-state index in [0.29, 0.717) is 12.2 Å². The minimum atomic E-state index is -0.906. The number of aryl methyl sites for hydroxylation is 1. The molecule has 0 bridgehead atoms. The lowest BCUT2D eigenvalue weighted by molar-refractivity contribution is 0.0697. The predicted octanol–water partition coefficient (Wildman–Crippen LogP) is 4.15. The van der Waals surface area contributed by atoms with E-state index in [9.17, 15) is 4.79 Å². The Morgan fingerprint density at radius 2 is 1.75 bits per heavy atom. The van der Waals surface area contributed by atoms with Crippen LogP contribution in [0.2, 0.25) is 0 Å². The van der Waals surface area contributed by atoms with E-state index in [1.54, 1.807) is 12.1 Å². The number of aromatic carboxylic acids is 1. The van der Waals surface area contributed by atoms with Gasteiger partial charge >= 0.3 is 5.97 Å². The van der Waals surface area contributed by atoms with E-state index in [2.05, 4.69) is 13.0 Å². The molecule has 0 aromatic heterocycles. The number of hydrogen-bond acceptors (Lipinski definition) is 2. The third kappa shape index (κ3) is 3.18. The van der Waals surface area contributed by atoms with E-state index in [-0.39, 0.29) is 0 Å². The SMILES string of the molecule is CCCOc1ccc(-c2ccc(C(=O)O)cc2)cc1C. The molecule has 0 spiro atoms. The van der Waals surface area contributed by atoms with Gasteiger partial charge in [-0.05, 0) is 54.3 Å². The molecule has 0 saturated carbocycles. The Bertz CT molecular complexity index is 600. The Kier molecular flexibility index (Phi) is 4.41. The van der Waals surface area contributed by atoms with E-state index in [0.717, 1.165) is 28.9 Å². The summed E-state index contributed by atoms with van der Waals surface area (Å²) >= 11 is 0. The first kappa shape index (κ1) is 14.1. The first-order valence-corrected chi connectivity index (χ1v) is 6.69. The molecule has 0 unspecified atom stereocenters. The lowest BCUT2D eigenvalue weighted by Crippen LogP contribution is -1.97. The van der Waals surface area contributed by atoms with E-state index >= 15 is 0 Å². The monoisotopic (exact) mass is 270 g/mol. The van der Waals surface area contributed by atoms with Crippen molar-refractivity contribution in [3.63, 3.8) is 0 Å². The second-order valence-corrected chi connectivity index (χ2v) is 4.71. The van der Waals surface area contributed by atoms with Crippen molar-refractivity contribution in [1.82, 2.24) is 0 Å². The van der Waals surface area contributed by atoms with Crippen molar-refractivity contribution in [2.75, 3.05) is 6.61 Å². The molecule has 2 aromatic carbocycles. The average molecular weight is 270 g/mol. The summed E-state index contributed by atoms with van der Waals surface area (Å²) in [7, 11) is 0. The number of carbonyl (C=O) groups is 1. The molecule has 0 atom stereocenters. The maximum atomic E-state index is 10.8. The van der Waals surface area contributed by atoms with Crippen LogP contribution in [0.25, 0.3) is 11.1 Å². The Morgan fingerprint density at radius 3 is 2.30 bits per heavy atom. The number of hydrogen-bond donors (Lipinski definition) is 1. The number of carboxylic acids is 1.